The SMILES string of the molecule is C/C=C(\CCC(C)[C@H]1CCC2C3CCC4C[C@@H](O)CC[C@]4(C)C3CC[C@@]21C)C(C)C. The minimum absolute atomic E-state index is 0.0157. The molecule has 172 valence electrons. The van der Waals surface area contributed by atoms with Gasteiger partial charge in [-0.1, -0.05) is 46.3 Å². The summed E-state index contributed by atoms with van der Waals surface area (Å²) in [6.45, 7) is 14.9. The number of hydrogen-bond acceptors (Lipinski definition) is 1. The van der Waals surface area contributed by atoms with Gasteiger partial charge in [0.1, 0.15) is 0 Å². The van der Waals surface area contributed by atoms with Crippen molar-refractivity contribution in [3.8, 4) is 0 Å². The molecular formula is C29H50O. The van der Waals surface area contributed by atoms with Crippen LogP contribution in [0.3, 0.4) is 0 Å². The predicted octanol–water partition coefficient (Wildman–Crippen LogP) is 8.02. The Bertz CT molecular complexity index is 634. The molecule has 1 N–H and O–H groups in total. The van der Waals surface area contributed by atoms with Crippen molar-refractivity contribution in [1.82, 2.24) is 0 Å². The van der Waals surface area contributed by atoms with Gasteiger partial charge in [0.15, 0.2) is 0 Å². The van der Waals surface area contributed by atoms with Gasteiger partial charge < -0.3 is 5.11 Å². The van der Waals surface area contributed by atoms with Gasteiger partial charge in [0, 0.05) is 0 Å². The molecule has 0 aromatic rings. The lowest BCUT2D eigenvalue weighted by atomic mass is 9.44. The molecule has 30 heavy (non-hydrogen) atoms. The van der Waals surface area contributed by atoms with Gasteiger partial charge in [-0.3, -0.25) is 0 Å². The second kappa shape index (κ2) is 8.57. The summed E-state index contributed by atoms with van der Waals surface area (Å²) in [5.41, 5.74) is 2.77. The smallest absolute Gasteiger partial charge is 0.0543 e. The van der Waals surface area contributed by atoms with E-state index in [2.05, 4.69) is 47.6 Å². The molecule has 4 aliphatic rings. The molecule has 0 aliphatic heterocycles. The van der Waals surface area contributed by atoms with Gasteiger partial charge >= 0.3 is 0 Å². The van der Waals surface area contributed by atoms with Crippen LogP contribution in [0.5, 0.6) is 0 Å². The normalized spacial score (nSPS) is 47.5. The molecule has 0 heterocycles. The Labute approximate surface area is 187 Å². The van der Waals surface area contributed by atoms with Crippen molar-refractivity contribution in [2.24, 2.45) is 52.3 Å². The second-order valence-corrected chi connectivity index (χ2v) is 12.8. The zero-order chi connectivity index (χ0) is 21.7. The van der Waals surface area contributed by atoms with Crippen molar-refractivity contribution < 1.29 is 5.11 Å². The molecule has 0 aromatic heterocycles. The van der Waals surface area contributed by atoms with Crippen LogP contribution >= 0.6 is 0 Å². The van der Waals surface area contributed by atoms with E-state index in [0.717, 1.165) is 48.3 Å². The maximum absolute atomic E-state index is 10.3. The largest absolute Gasteiger partial charge is 0.393 e. The van der Waals surface area contributed by atoms with Crippen LogP contribution in [0.2, 0.25) is 0 Å². The van der Waals surface area contributed by atoms with Crippen LogP contribution in [0.4, 0.5) is 0 Å². The molecule has 9 atom stereocenters. The van der Waals surface area contributed by atoms with Gasteiger partial charge in [-0.25, -0.2) is 0 Å². The third kappa shape index (κ3) is 3.74. The van der Waals surface area contributed by atoms with Crippen LogP contribution in [-0.2, 0) is 0 Å². The molecule has 0 aromatic carbocycles. The molecule has 1 nitrogen and oxygen atoms in total. The van der Waals surface area contributed by atoms with E-state index in [1.807, 2.05) is 0 Å². The van der Waals surface area contributed by atoms with Crippen molar-refractivity contribution in [3.63, 3.8) is 0 Å². The van der Waals surface area contributed by atoms with Crippen LogP contribution in [-0.4, -0.2) is 11.2 Å². The van der Waals surface area contributed by atoms with E-state index < -0.39 is 0 Å². The van der Waals surface area contributed by atoms with Crippen molar-refractivity contribution in [2.75, 3.05) is 0 Å². The number of allylic oxidation sites excluding steroid dienone is 2. The minimum atomic E-state index is -0.0157. The van der Waals surface area contributed by atoms with E-state index >= 15 is 0 Å². The highest BCUT2D eigenvalue weighted by Gasteiger charge is 2.60. The topological polar surface area (TPSA) is 20.2 Å². The molecule has 0 spiro atoms. The Morgan fingerprint density at radius 3 is 2.33 bits per heavy atom. The molecule has 0 radical (unpaired) electrons. The summed E-state index contributed by atoms with van der Waals surface area (Å²) in [6, 6.07) is 0. The second-order valence-electron chi connectivity index (χ2n) is 12.8. The lowest BCUT2D eigenvalue weighted by molar-refractivity contribution is -0.129. The first kappa shape index (κ1) is 22.9. The van der Waals surface area contributed by atoms with E-state index in [0.29, 0.717) is 16.7 Å². The first-order chi connectivity index (χ1) is 14.2. The highest BCUT2D eigenvalue weighted by molar-refractivity contribution is 5.10. The average molecular weight is 415 g/mol. The summed E-state index contributed by atoms with van der Waals surface area (Å²) >= 11 is 0. The summed E-state index contributed by atoms with van der Waals surface area (Å²) in [5.74, 6) is 6.17. The summed E-state index contributed by atoms with van der Waals surface area (Å²) in [7, 11) is 0. The molecule has 4 fully saturated rings. The molecule has 4 saturated carbocycles. The Morgan fingerprint density at radius 1 is 0.933 bits per heavy atom. The fourth-order valence-corrected chi connectivity index (χ4v) is 9.57. The Morgan fingerprint density at radius 2 is 1.63 bits per heavy atom. The van der Waals surface area contributed by atoms with Crippen LogP contribution in [0.1, 0.15) is 112 Å². The highest BCUT2D eigenvalue weighted by Crippen LogP contribution is 2.68. The molecule has 4 rings (SSSR count). The third-order valence-corrected chi connectivity index (χ3v) is 11.4. The lowest BCUT2D eigenvalue weighted by Gasteiger charge is -2.61. The standard InChI is InChI=1S/C29H50O/c1-7-21(19(2)3)9-8-20(4)25-12-13-26-24-11-10-22-18-23(30)14-16-28(22,5)27(24)15-17-29(25,26)6/h7,19-20,22-27,30H,8-18H2,1-6H3/b21-7+/t20?,22?,23-,24?,25+,26?,27?,28-,29+/m0/s1. The van der Waals surface area contributed by atoms with Gasteiger partial charge in [-0.05, 0) is 130 Å². The number of fused-ring (bicyclic) bond motifs is 5. The maximum Gasteiger partial charge on any atom is 0.0543 e. The van der Waals surface area contributed by atoms with E-state index in [1.165, 1.54) is 57.8 Å². The monoisotopic (exact) mass is 414 g/mol. The van der Waals surface area contributed by atoms with Crippen molar-refractivity contribution in [2.45, 2.75) is 118 Å². The fourth-order valence-electron chi connectivity index (χ4n) is 9.57. The van der Waals surface area contributed by atoms with Crippen LogP contribution < -0.4 is 0 Å². The number of aliphatic hydroxyl groups is 1. The Hall–Kier alpha value is -0.300. The number of aliphatic hydroxyl groups excluding tert-OH is 1. The fraction of sp³-hybridized carbons (Fsp3) is 0.931. The van der Waals surface area contributed by atoms with Gasteiger partial charge in [0.05, 0.1) is 6.10 Å². The van der Waals surface area contributed by atoms with Crippen molar-refractivity contribution >= 4 is 0 Å². The first-order valence-corrected chi connectivity index (χ1v) is 13.5. The molecule has 0 amide bonds. The minimum Gasteiger partial charge on any atom is -0.393 e. The van der Waals surface area contributed by atoms with E-state index in [9.17, 15) is 5.11 Å². The number of hydrogen-bond donors (Lipinski definition) is 1. The van der Waals surface area contributed by atoms with Crippen molar-refractivity contribution in [1.29, 1.82) is 0 Å². The highest BCUT2D eigenvalue weighted by atomic mass is 16.3. The van der Waals surface area contributed by atoms with E-state index in [-0.39, 0.29) is 6.10 Å². The van der Waals surface area contributed by atoms with Crippen LogP contribution in [0.15, 0.2) is 11.6 Å². The summed E-state index contributed by atoms with van der Waals surface area (Å²) in [6.07, 6.45) is 17.2. The zero-order valence-electron chi connectivity index (χ0n) is 20.9. The third-order valence-electron chi connectivity index (χ3n) is 11.4. The van der Waals surface area contributed by atoms with Crippen LogP contribution in [0.25, 0.3) is 0 Å². The average Bonchev–Trinajstić information content (AvgIpc) is 3.06. The summed E-state index contributed by atoms with van der Waals surface area (Å²) in [4.78, 5) is 0. The van der Waals surface area contributed by atoms with Crippen LogP contribution in [0, 0.1) is 52.3 Å². The summed E-state index contributed by atoms with van der Waals surface area (Å²) < 4.78 is 0. The predicted molar refractivity (Wildman–Crippen MR) is 128 cm³/mol. The number of rotatable bonds is 5. The molecule has 4 aliphatic carbocycles. The van der Waals surface area contributed by atoms with Crippen molar-refractivity contribution in [3.05, 3.63) is 11.6 Å². The van der Waals surface area contributed by atoms with E-state index in [1.54, 1.807) is 5.57 Å². The van der Waals surface area contributed by atoms with Gasteiger partial charge in [0.2, 0.25) is 0 Å². The van der Waals surface area contributed by atoms with Gasteiger partial charge in [0.25, 0.3) is 0 Å². The molecule has 1 heteroatoms. The molecule has 0 saturated heterocycles. The lowest BCUT2D eigenvalue weighted by Crippen LogP contribution is -2.54. The quantitative estimate of drug-likeness (QED) is 0.451. The molecular weight excluding hydrogens is 364 g/mol. The maximum atomic E-state index is 10.3. The Balaban J connectivity index is 1.46. The van der Waals surface area contributed by atoms with Gasteiger partial charge in [-0.15, -0.1) is 0 Å². The summed E-state index contributed by atoms with van der Waals surface area (Å²) in [5, 5.41) is 10.3. The van der Waals surface area contributed by atoms with Gasteiger partial charge in [-0.2, -0.15) is 0 Å². The Kier molecular flexibility index (Phi) is 6.53. The first-order valence-electron chi connectivity index (χ1n) is 13.5. The molecule has 5 unspecified atom stereocenters. The van der Waals surface area contributed by atoms with E-state index in [4.69, 9.17) is 0 Å². The molecule has 0 bridgehead atoms. The zero-order valence-corrected chi connectivity index (χ0v) is 20.9.